The average molecular weight is 427 g/mol. The molecule has 0 saturated carbocycles. The van der Waals surface area contributed by atoms with E-state index in [2.05, 4.69) is 10.6 Å². The van der Waals surface area contributed by atoms with Gasteiger partial charge in [0.2, 0.25) is 21.8 Å². The highest BCUT2D eigenvalue weighted by Crippen LogP contribution is 2.24. The molecule has 0 radical (unpaired) electrons. The van der Waals surface area contributed by atoms with Crippen molar-refractivity contribution in [3.05, 3.63) is 23.8 Å². The van der Waals surface area contributed by atoms with Crippen LogP contribution in [0.5, 0.6) is 0 Å². The molecule has 29 heavy (non-hydrogen) atoms. The third-order valence-electron chi connectivity index (χ3n) is 4.66. The summed E-state index contributed by atoms with van der Waals surface area (Å²) in [6.45, 7) is 11.6. The maximum Gasteiger partial charge on any atom is 0.243 e. The van der Waals surface area contributed by atoms with Crippen molar-refractivity contribution in [2.24, 2.45) is 0 Å². The number of rotatable bonds is 10. The highest BCUT2D eigenvalue weighted by Gasteiger charge is 2.25. The lowest BCUT2D eigenvalue weighted by Crippen LogP contribution is -2.46. The molecule has 0 aliphatic heterocycles. The summed E-state index contributed by atoms with van der Waals surface area (Å²) >= 11 is 0. The number of hydrogen-bond acceptors (Lipinski definition) is 5. The number of amides is 2. The van der Waals surface area contributed by atoms with Gasteiger partial charge in [-0.25, -0.2) is 8.42 Å². The van der Waals surface area contributed by atoms with Crippen molar-refractivity contribution in [2.75, 3.05) is 32.0 Å². The lowest BCUT2D eigenvalue weighted by molar-refractivity contribution is -0.125. The van der Waals surface area contributed by atoms with Crippen molar-refractivity contribution < 1.29 is 18.0 Å². The second-order valence-corrected chi connectivity index (χ2v) is 9.28. The molecule has 1 atom stereocenters. The van der Waals surface area contributed by atoms with Gasteiger partial charge in [-0.2, -0.15) is 4.31 Å². The lowest BCUT2D eigenvalue weighted by Gasteiger charge is -2.24. The van der Waals surface area contributed by atoms with E-state index < -0.39 is 16.1 Å². The van der Waals surface area contributed by atoms with Crippen LogP contribution in [-0.2, 0) is 19.6 Å². The molecule has 164 valence electrons. The Balaban J connectivity index is 2.96. The molecular formula is C20H34N4O4S. The third kappa shape index (κ3) is 6.80. The Bertz CT molecular complexity index is 820. The number of carbonyl (C=O) groups is 2. The predicted octanol–water partition coefficient (Wildman–Crippen LogP) is 1.81. The second kappa shape index (κ2) is 10.7. The Labute approximate surface area is 174 Å². The van der Waals surface area contributed by atoms with Gasteiger partial charge in [0.1, 0.15) is 0 Å². The van der Waals surface area contributed by atoms with Gasteiger partial charge in [-0.3, -0.25) is 14.5 Å². The van der Waals surface area contributed by atoms with Crippen molar-refractivity contribution in [3.8, 4) is 0 Å². The SMILES string of the molecule is CCN(CC)S(=O)(=O)c1cc(NC(=O)[C@@H](C)N(C)CC(=O)NC(C)C)ccc1C. The van der Waals surface area contributed by atoms with Crippen LogP contribution in [0.1, 0.15) is 40.2 Å². The Hall–Kier alpha value is -1.97. The van der Waals surface area contributed by atoms with Crippen LogP contribution in [0.15, 0.2) is 23.1 Å². The van der Waals surface area contributed by atoms with Gasteiger partial charge in [0, 0.05) is 24.8 Å². The molecule has 0 aliphatic carbocycles. The summed E-state index contributed by atoms with van der Waals surface area (Å²) in [7, 11) is -1.95. The monoisotopic (exact) mass is 426 g/mol. The fourth-order valence-electron chi connectivity index (χ4n) is 2.84. The first-order valence-electron chi connectivity index (χ1n) is 9.85. The number of likely N-dealkylation sites (N-methyl/N-ethyl adjacent to an activating group) is 1. The number of nitrogens with zero attached hydrogens (tertiary/aromatic N) is 2. The highest BCUT2D eigenvalue weighted by atomic mass is 32.2. The minimum absolute atomic E-state index is 0.0266. The van der Waals surface area contributed by atoms with Gasteiger partial charge in [0.25, 0.3) is 0 Å². The van der Waals surface area contributed by atoms with Crippen LogP contribution in [0.25, 0.3) is 0 Å². The van der Waals surface area contributed by atoms with Crippen LogP contribution >= 0.6 is 0 Å². The van der Waals surface area contributed by atoms with Crippen LogP contribution in [0, 0.1) is 6.92 Å². The van der Waals surface area contributed by atoms with Crippen LogP contribution in [-0.4, -0.2) is 68.2 Å². The first kappa shape index (κ1) is 25.1. The van der Waals surface area contributed by atoms with E-state index in [9.17, 15) is 18.0 Å². The normalized spacial score (nSPS) is 13.0. The van der Waals surface area contributed by atoms with Gasteiger partial charge >= 0.3 is 0 Å². The molecular weight excluding hydrogens is 392 g/mol. The Morgan fingerprint density at radius 1 is 1.10 bits per heavy atom. The largest absolute Gasteiger partial charge is 0.353 e. The first-order valence-corrected chi connectivity index (χ1v) is 11.3. The van der Waals surface area contributed by atoms with E-state index >= 15 is 0 Å². The van der Waals surface area contributed by atoms with Gasteiger partial charge in [-0.15, -0.1) is 0 Å². The zero-order chi connectivity index (χ0) is 22.4. The third-order valence-corrected chi connectivity index (χ3v) is 6.85. The molecule has 0 unspecified atom stereocenters. The number of nitrogens with one attached hydrogen (secondary N) is 2. The molecule has 1 aromatic carbocycles. The highest BCUT2D eigenvalue weighted by molar-refractivity contribution is 7.89. The van der Waals surface area contributed by atoms with E-state index in [1.807, 2.05) is 13.8 Å². The molecule has 9 heteroatoms. The molecule has 0 heterocycles. The van der Waals surface area contributed by atoms with E-state index in [1.54, 1.807) is 51.8 Å². The Morgan fingerprint density at radius 3 is 2.21 bits per heavy atom. The summed E-state index contributed by atoms with van der Waals surface area (Å²) in [6, 6.07) is 4.29. The number of sulfonamides is 1. The maximum absolute atomic E-state index is 12.9. The summed E-state index contributed by atoms with van der Waals surface area (Å²) in [5.41, 5.74) is 1.02. The van der Waals surface area contributed by atoms with Gasteiger partial charge in [0.15, 0.2) is 0 Å². The Kier molecular flexibility index (Phi) is 9.25. The van der Waals surface area contributed by atoms with E-state index in [0.29, 0.717) is 24.3 Å². The number of aryl methyl sites for hydroxylation is 1. The van der Waals surface area contributed by atoms with Crippen molar-refractivity contribution in [1.82, 2.24) is 14.5 Å². The van der Waals surface area contributed by atoms with E-state index in [0.717, 1.165) is 0 Å². The summed E-state index contributed by atoms with van der Waals surface area (Å²) in [5, 5.41) is 5.54. The summed E-state index contributed by atoms with van der Waals surface area (Å²) < 4.78 is 27.1. The van der Waals surface area contributed by atoms with E-state index in [-0.39, 0.29) is 29.3 Å². The van der Waals surface area contributed by atoms with E-state index in [4.69, 9.17) is 0 Å². The zero-order valence-electron chi connectivity index (χ0n) is 18.4. The van der Waals surface area contributed by atoms with Crippen molar-refractivity contribution in [2.45, 2.75) is 58.5 Å². The second-order valence-electron chi connectivity index (χ2n) is 7.37. The molecule has 1 rings (SSSR count). The summed E-state index contributed by atoms with van der Waals surface area (Å²) in [6.07, 6.45) is 0. The van der Waals surface area contributed by atoms with Crippen LogP contribution in [0.4, 0.5) is 5.69 Å². The van der Waals surface area contributed by atoms with Crippen LogP contribution in [0.2, 0.25) is 0 Å². The molecule has 8 nitrogen and oxygen atoms in total. The Morgan fingerprint density at radius 2 is 1.69 bits per heavy atom. The minimum atomic E-state index is -3.64. The molecule has 0 fully saturated rings. The van der Waals surface area contributed by atoms with E-state index in [1.165, 1.54) is 10.4 Å². The zero-order valence-corrected chi connectivity index (χ0v) is 19.3. The van der Waals surface area contributed by atoms with Crippen molar-refractivity contribution >= 4 is 27.5 Å². The van der Waals surface area contributed by atoms with Gasteiger partial charge < -0.3 is 10.6 Å². The van der Waals surface area contributed by atoms with Crippen molar-refractivity contribution in [1.29, 1.82) is 0 Å². The number of benzene rings is 1. The number of carbonyl (C=O) groups excluding carboxylic acids is 2. The minimum Gasteiger partial charge on any atom is -0.353 e. The first-order chi connectivity index (χ1) is 13.4. The predicted molar refractivity (Wildman–Crippen MR) is 115 cm³/mol. The fourth-order valence-corrected chi connectivity index (χ4v) is 4.55. The number of hydrogen-bond donors (Lipinski definition) is 2. The van der Waals surface area contributed by atoms with Crippen LogP contribution < -0.4 is 10.6 Å². The van der Waals surface area contributed by atoms with Gasteiger partial charge in [0.05, 0.1) is 17.5 Å². The number of anilines is 1. The van der Waals surface area contributed by atoms with Gasteiger partial charge in [-0.1, -0.05) is 19.9 Å². The molecule has 0 aromatic heterocycles. The molecule has 2 N–H and O–H groups in total. The topological polar surface area (TPSA) is 98.8 Å². The smallest absolute Gasteiger partial charge is 0.243 e. The molecule has 1 aromatic rings. The van der Waals surface area contributed by atoms with Crippen LogP contribution in [0.3, 0.4) is 0 Å². The van der Waals surface area contributed by atoms with Crippen molar-refractivity contribution in [3.63, 3.8) is 0 Å². The maximum atomic E-state index is 12.9. The molecule has 0 saturated heterocycles. The average Bonchev–Trinajstić information content (AvgIpc) is 2.62. The summed E-state index contributed by atoms with van der Waals surface area (Å²) in [4.78, 5) is 26.3. The molecule has 0 spiro atoms. The molecule has 0 bridgehead atoms. The lowest BCUT2D eigenvalue weighted by atomic mass is 10.2. The quantitative estimate of drug-likeness (QED) is 0.594. The molecule has 2 amide bonds. The summed E-state index contributed by atoms with van der Waals surface area (Å²) in [5.74, 6) is -0.482. The molecule has 0 aliphatic rings. The standard InChI is InChI=1S/C20H34N4O4S/c1-8-24(9-2)29(27,28)18-12-17(11-10-15(18)5)22-20(26)16(6)23(7)13-19(25)21-14(3)4/h10-12,14,16H,8-9,13H2,1-7H3,(H,21,25)(H,22,26)/t16-/m1/s1. The van der Waals surface area contributed by atoms with Gasteiger partial charge in [-0.05, 0) is 52.4 Å². The fraction of sp³-hybridized carbons (Fsp3) is 0.600.